The number of carbonyl (C=O) groups is 2. The van der Waals surface area contributed by atoms with Crippen LogP contribution < -0.4 is 10.6 Å². The maximum absolute atomic E-state index is 12.0. The van der Waals surface area contributed by atoms with Gasteiger partial charge in [0.2, 0.25) is 11.8 Å². The number of hydrogen-bond donors (Lipinski definition) is 2. The van der Waals surface area contributed by atoms with Crippen LogP contribution in [0, 0.1) is 0 Å². The van der Waals surface area contributed by atoms with E-state index in [0.717, 1.165) is 6.54 Å². The van der Waals surface area contributed by atoms with Crippen LogP contribution in [0.15, 0.2) is 0 Å². The van der Waals surface area contributed by atoms with Crippen molar-refractivity contribution in [2.75, 3.05) is 39.9 Å². The number of rotatable bonds is 6. The van der Waals surface area contributed by atoms with E-state index in [9.17, 15) is 9.59 Å². The lowest BCUT2D eigenvalue weighted by Gasteiger charge is -2.32. The number of carbonyl (C=O) groups excluding carboxylic acids is 2. The SMILES string of the molecule is CCOCCN1CCNC(CC(=O)NC)C1=O.Cl. The van der Waals surface area contributed by atoms with Gasteiger partial charge in [-0.05, 0) is 6.92 Å². The van der Waals surface area contributed by atoms with Gasteiger partial charge >= 0.3 is 0 Å². The number of nitrogens with zero attached hydrogens (tertiary/aromatic N) is 1. The molecule has 18 heavy (non-hydrogen) atoms. The molecule has 0 bridgehead atoms. The molecular weight excluding hydrogens is 258 g/mol. The third-order valence-electron chi connectivity index (χ3n) is 2.76. The molecule has 0 spiro atoms. The third-order valence-corrected chi connectivity index (χ3v) is 2.76. The molecule has 0 aliphatic carbocycles. The van der Waals surface area contributed by atoms with Crippen molar-refractivity contribution in [1.82, 2.24) is 15.5 Å². The quantitative estimate of drug-likeness (QED) is 0.636. The lowest BCUT2D eigenvalue weighted by atomic mass is 10.1. The summed E-state index contributed by atoms with van der Waals surface area (Å²) in [6, 6.07) is -0.398. The maximum Gasteiger partial charge on any atom is 0.240 e. The van der Waals surface area contributed by atoms with E-state index in [4.69, 9.17) is 4.74 Å². The molecule has 1 unspecified atom stereocenters. The Balaban J connectivity index is 0.00000289. The van der Waals surface area contributed by atoms with Gasteiger partial charge in [-0.1, -0.05) is 0 Å². The van der Waals surface area contributed by atoms with Crippen molar-refractivity contribution >= 4 is 24.2 Å². The van der Waals surface area contributed by atoms with Gasteiger partial charge in [-0.15, -0.1) is 12.4 Å². The highest BCUT2D eigenvalue weighted by molar-refractivity contribution is 5.88. The van der Waals surface area contributed by atoms with Crippen LogP contribution in [0.3, 0.4) is 0 Å². The minimum absolute atomic E-state index is 0. The van der Waals surface area contributed by atoms with Gasteiger partial charge < -0.3 is 20.3 Å². The van der Waals surface area contributed by atoms with Crippen LogP contribution in [0.1, 0.15) is 13.3 Å². The van der Waals surface area contributed by atoms with Crippen LogP contribution in [0.4, 0.5) is 0 Å². The van der Waals surface area contributed by atoms with E-state index in [1.807, 2.05) is 6.92 Å². The van der Waals surface area contributed by atoms with Gasteiger partial charge in [-0.2, -0.15) is 0 Å². The van der Waals surface area contributed by atoms with Crippen molar-refractivity contribution in [3.05, 3.63) is 0 Å². The van der Waals surface area contributed by atoms with Gasteiger partial charge in [0.25, 0.3) is 0 Å². The van der Waals surface area contributed by atoms with Crippen molar-refractivity contribution in [1.29, 1.82) is 0 Å². The molecule has 106 valence electrons. The first-order valence-corrected chi connectivity index (χ1v) is 5.99. The highest BCUT2D eigenvalue weighted by Gasteiger charge is 2.29. The monoisotopic (exact) mass is 279 g/mol. The Morgan fingerprint density at radius 2 is 2.33 bits per heavy atom. The molecule has 1 atom stereocenters. The molecule has 1 saturated heterocycles. The summed E-state index contributed by atoms with van der Waals surface area (Å²) < 4.78 is 5.23. The van der Waals surface area contributed by atoms with Crippen molar-refractivity contribution in [3.8, 4) is 0 Å². The van der Waals surface area contributed by atoms with E-state index < -0.39 is 6.04 Å². The summed E-state index contributed by atoms with van der Waals surface area (Å²) in [6.45, 7) is 5.12. The van der Waals surface area contributed by atoms with E-state index in [0.29, 0.717) is 26.3 Å². The standard InChI is InChI=1S/C11H21N3O3.ClH/c1-3-17-7-6-14-5-4-13-9(11(14)16)8-10(15)12-2;/h9,13H,3-8H2,1-2H3,(H,12,15);1H. The summed E-state index contributed by atoms with van der Waals surface area (Å²) in [5, 5.41) is 5.59. The Morgan fingerprint density at radius 3 is 2.94 bits per heavy atom. The topological polar surface area (TPSA) is 70.7 Å². The number of piperazine rings is 1. The molecule has 2 amide bonds. The zero-order chi connectivity index (χ0) is 12.7. The molecule has 6 nitrogen and oxygen atoms in total. The first-order valence-electron chi connectivity index (χ1n) is 5.99. The molecule has 0 aromatic carbocycles. The zero-order valence-electron chi connectivity index (χ0n) is 10.9. The number of ether oxygens (including phenoxy) is 1. The average Bonchev–Trinajstić information content (AvgIpc) is 2.34. The first kappa shape index (κ1) is 17.2. The van der Waals surface area contributed by atoms with Gasteiger partial charge in [0.05, 0.1) is 19.1 Å². The minimum Gasteiger partial charge on any atom is -0.380 e. The molecule has 1 aliphatic heterocycles. The predicted molar refractivity (Wildman–Crippen MR) is 70.8 cm³/mol. The zero-order valence-corrected chi connectivity index (χ0v) is 11.7. The van der Waals surface area contributed by atoms with Crippen LogP contribution in [-0.2, 0) is 14.3 Å². The second-order valence-corrected chi connectivity index (χ2v) is 3.91. The normalized spacial score (nSPS) is 19.3. The first-order chi connectivity index (χ1) is 8.19. The fourth-order valence-electron chi connectivity index (χ4n) is 1.78. The molecule has 1 aliphatic rings. The van der Waals surface area contributed by atoms with Crippen molar-refractivity contribution in [2.45, 2.75) is 19.4 Å². The summed E-state index contributed by atoms with van der Waals surface area (Å²) in [4.78, 5) is 25.0. The Morgan fingerprint density at radius 1 is 1.61 bits per heavy atom. The average molecular weight is 280 g/mol. The summed E-state index contributed by atoms with van der Waals surface area (Å²) in [5.41, 5.74) is 0. The molecule has 0 aromatic rings. The number of amides is 2. The number of nitrogens with one attached hydrogen (secondary N) is 2. The smallest absolute Gasteiger partial charge is 0.240 e. The Kier molecular flexibility index (Phi) is 8.70. The maximum atomic E-state index is 12.0. The largest absolute Gasteiger partial charge is 0.380 e. The highest BCUT2D eigenvalue weighted by atomic mass is 35.5. The molecule has 1 fully saturated rings. The van der Waals surface area contributed by atoms with Gasteiger partial charge in [0, 0.05) is 33.3 Å². The minimum atomic E-state index is -0.398. The van der Waals surface area contributed by atoms with E-state index in [1.165, 1.54) is 0 Å². The molecule has 0 aromatic heterocycles. The van der Waals surface area contributed by atoms with E-state index in [-0.39, 0.29) is 30.6 Å². The molecule has 7 heteroatoms. The summed E-state index contributed by atoms with van der Waals surface area (Å²) >= 11 is 0. The number of halogens is 1. The Bertz CT molecular complexity index is 276. The van der Waals surface area contributed by atoms with Crippen LogP contribution in [-0.4, -0.2) is 62.7 Å². The van der Waals surface area contributed by atoms with Crippen LogP contribution >= 0.6 is 12.4 Å². The van der Waals surface area contributed by atoms with Crippen molar-refractivity contribution < 1.29 is 14.3 Å². The molecule has 2 N–H and O–H groups in total. The second-order valence-electron chi connectivity index (χ2n) is 3.91. The fraction of sp³-hybridized carbons (Fsp3) is 0.818. The predicted octanol–water partition coefficient (Wildman–Crippen LogP) is -0.619. The second kappa shape index (κ2) is 9.13. The van der Waals surface area contributed by atoms with Gasteiger partial charge in [0.15, 0.2) is 0 Å². The summed E-state index contributed by atoms with van der Waals surface area (Å²) in [7, 11) is 1.57. The summed E-state index contributed by atoms with van der Waals surface area (Å²) in [5.74, 6) is -0.137. The van der Waals surface area contributed by atoms with Crippen molar-refractivity contribution in [3.63, 3.8) is 0 Å². The lowest BCUT2D eigenvalue weighted by Crippen LogP contribution is -2.56. The third kappa shape index (κ3) is 5.20. The van der Waals surface area contributed by atoms with E-state index >= 15 is 0 Å². The van der Waals surface area contributed by atoms with E-state index in [2.05, 4.69) is 10.6 Å². The lowest BCUT2D eigenvalue weighted by molar-refractivity contribution is -0.138. The Labute approximate surface area is 114 Å². The van der Waals surface area contributed by atoms with Crippen LogP contribution in [0.2, 0.25) is 0 Å². The number of hydrogen-bond acceptors (Lipinski definition) is 4. The van der Waals surface area contributed by atoms with E-state index in [1.54, 1.807) is 11.9 Å². The van der Waals surface area contributed by atoms with Crippen molar-refractivity contribution in [2.24, 2.45) is 0 Å². The Hall–Kier alpha value is -0.850. The molecule has 0 radical (unpaired) electrons. The van der Waals surface area contributed by atoms with Crippen LogP contribution in [0.5, 0.6) is 0 Å². The van der Waals surface area contributed by atoms with Gasteiger partial charge in [-0.3, -0.25) is 9.59 Å². The molecule has 0 saturated carbocycles. The summed E-state index contributed by atoms with van der Waals surface area (Å²) in [6.07, 6.45) is 0.195. The van der Waals surface area contributed by atoms with Gasteiger partial charge in [-0.25, -0.2) is 0 Å². The fourth-order valence-corrected chi connectivity index (χ4v) is 1.78. The van der Waals surface area contributed by atoms with Crippen LogP contribution in [0.25, 0.3) is 0 Å². The highest BCUT2D eigenvalue weighted by Crippen LogP contribution is 2.04. The molecule has 1 rings (SSSR count). The van der Waals surface area contributed by atoms with Gasteiger partial charge in [0.1, 0.15) is 0 Å². The molecule has 1 heterocycles. The molecular formula is C11H22ClN3O3.